The Kier molecular flexibility index (Phi) is 4.75. The number of imide groups is 1. The molecule has 1 aromatic rings. The van der Waals surface area contributed by atoms with E-state index in [-0.39, 0.29) is 17.9 Å². The fourth-order valence-corrected chi connectivity index (χ4v) is 4.55. The lowest BCUT2D eigenvalue weighted by Crippen LogP contribution is -2.46. The van der Waals surface area contributed by atoms with E-state index in [1.807, 2.05) is 30.8 Å². The number of nitrogens with two attached hydrogens (primary N) is 1. The van der Waals surface area contributed by atoms with Gasteiger partial charge in [-0.2, -0.15) is 11.8 Å². The van der Waals surface area contributed by atoms with Crippen LogP contribution in [0, 0.1) is 5.92 Å². The van der Waals surface area contributed by atoms with E-state index in [9.17, 15) is 9.59 Å². The molecule has 0 spiro atoms. The van der Waals surface area contributed by atoms with Crippen LogP contribution in [0.5, 0.6) is 0 Å². The molecule has 4 rings (SSSR count). The van der Waals surface area contributed by atoms with Gasteiger partial charge in [0.15, 0.2) is 5.96 Å². The lowest BCUT2D eigenvalue weighted by Gasteiger charge is -2.27. The van der Waals surface area contributed by atoms with Gasteiger partial charge in [0.05, 0.1) is 12.2 Å². The van der Waals surface area contributed by atoms with Crippen molar-refractivity contribution in [3.8, 4) is 0 Å². The molecule has 1 atom stereocenters. The maximum Gasteiger partial charge on any atom is 0.329 e. The molecule has 3 amide bonds. The molecule has 8 heteroatoms. The highest BCUT2D eigenvalue weighted by molar-refractivity contribution is 7.99. The Hall–Kier alpha value is -2.22. The summed E-state index contributed by atoms with van der Waals surface area (Å²) in [4.78, 5) is 33.0. The van der Waals surface area contributed by atoms with Gasteiger partial charge in [-0.3, -0.25) is 4.79 Å². The lowest BCUT2D eigenvalue weighted by molar-refractivity contribution is -0.122. The Labute approximate surface area is 163 Å². The van der Waals surface area contributed by atoms with Crippen LogP contribution in [-0.4, -0.2) is 52.9 Å². The molecule has 1 unspecified atom stereocenters. The number of aliphatic imine (C=N–C) groups is 1. The quantitative estimate of drug-likeness (QED) is 0.467. The first-order chi connectivity index (χ1) is 13.0. The molecule has 3 fully saturated rings. The van der Waals surface area contributed by atoms with Crippen molar-refractivity contribution in [3.05, 3.63) is 29.8 Å². The molecule has 0 bridgehead atoms. The van der Waals surface area contributed by atoms with Crippen LogP contribution in [0.2, 0.25) is 0 Å². The molecule has 3 aliphatic rings. The molecule has 1 saturated carbocycles. The summed E-state index contributed by atoms with van der Waals surface area (Å²) in [5, 5.41) is 2.87. The van der Waals surface area contributed by atoms with E-state index in [1.54, 1.807) is 12.1 Å². The Balaban J connectivity index is 1.43. The molecular formula is C19H25N5O2S. The number of hydrogen-bond acceptors (Lipinski definition) is 4. The van der Waals surface area contributed by atoms with E-state index in [0.717, 1.165) is 43.0 Å². The second-order valence-corrected chi connectivity index (χ2v) is 8.71. The number of urea groups is 1. The molecule has 2 saturated heterocycles. The fourth-order valence-electron chi connectivity index (χ4n) is 3.64. The molecule has 27 heavy (non-hydrogen) atoms. The topological polar surface area (TPSA) is 91.0 Å². The van der Waals surface area contributed by atoms with Crippen molar-refractivity contribution >= 4 is 35.3 Å². The van der Waals surface area contributed by atoms with Crippen LogP contribution in [0.25, 0.3) is 0 Å². The second-order valence-electron chi connectivity index (χ2n) is 7.49. The molecule has 7 nitrogen and oxygen atoms in total. The first-order valence-electron chi connectivity index (χ1n) is 9.37. The van der Waals surface area contributed by atoms with E-state index in [1.165, 1.54) is 4.90 Å². The van der Waals surface area contributed by atoms with Crippen molar-refractivity contribution in [3.63, 3.8) is 0 Å². The molecule has 1 aromatic carbocycles. The Bertz CT molecular complexity index is 771. The summed E-state index contributed by atoms with van der Waals surface area (Å²) in [7, 11) is 0. The van der Waals surface area contributed by atoms with Crippen LogP contribution in [0.1, 0.15) is 25.3 Å². The summed E-state index contributed by atoms with van der Waals surface area (Å²) >= 11 is 1.93. The van der Waals surface area contributed by atoms with Crippen molar-refractivity contribution < 1.29 is 9.59 Å². The number of guanidine groups is 1. The number of anilines is 1. The van der Waals surface area contributed by atoms with Gasteiger partial charge in [0, 0.05) is 24.6 Å². The van der Waals surface area contributed by atoms with Gasteiger partial charge in [0.1, 0.15) is 5.54 Å². The molecule has 2 heterocycles. The number of nitrogens with zero attached hydrogens (tertiary/aromatic N) is 3. The minimum atomic E-state index is -0.763. The number of amides is 3. The van der Waals surface area contributed by atoms with E-state index in [4.69, 9.17) is 5.73 Å². The lowest BCUT2D eigenvalue weighted by atomic mass is 9.96. The van der Waals surface area contributed by atoms with Gasteiger partial charge in [-0.25, -0.2) is 14.7 Å². The molecule has 0 aromatic heterocycles. The first-order valence-corrected chi connectivity index (χ1v) is 10.5. The van der Waals surface area contributed by atoms with Crippen LogP contribution in [0.4, 0.5) is 10.5 Å². The third-order valence-corrected chi connectivity index (χ3v) is 6.51. The SMILES string of the molecule is CC1(C2CC2)NC(=O)N(c2ccc(CN=C(N)N3CCSCC3)cc2)C1=O. The number of rotatable bonds is 4. The fraction of sp³-hybridized carbons (Fsp3) is 0.526. The third-order valence-electron chi connectivity index (χ3n) is 5.56. The molecule has 1 aliphatic carbocycles. The van der Waals surface area contributed by atoms with Crippen LogP contribution in [0.3, 0.4) is 0 Å². The predicted molar refractivity (Wildman–Crippen MR) is 108 cm³/mol. The van der Waals surface area contributed by atoms with Gasteiger partial charge in [-0.1, -0.05) is 12.1 Å². The van der Waals surface area contributed by atoms with Crippen molar-refractivity contribution in [2.75, 3.05) is 29.5 Å². The Morgan fingerprint density at radius 3 is 2.56 bits per heavy atom. The molecule has 2 aliphatic heterocycles. The highest BCUT2D eigenvalue weighted by atomic mass is 32.2. The minimum absolute atomic E-state index is 0.159. The highest BCUT2D eigenvalue weighted by Crippen LogP contribution is 2.43. The van der Waals surface area contributed by atoms with Crippen molar-refractivity contribution in [2.45, 2.75) is 31.8 Å². The van der Waals surface area contributed by atoms with E-state index >= 15 is 0 Å². The van der Waals surface area contributed by atoms with E-state index in [2.05, 4.69) is 15.2 Å². The Morgan fingerprint density at radius 2 is 1.93 bits per heavy atom. The van der Waals surface area contributed by atoms with Gasteiger partial charge in [0.25, 0.3) is 5.91 Å². The third kappa shape index (κ3) is 3.50. The van der Waals surface area contributed by atoms with Gasteiger partial charge >= 0.3 is 6.03 Å². The summed E-state index contributed by atoms with van der Waals surface area (Å²) < 4.78 is 0. The number of carbonyl (C=O) groups excluding carboxylic acids is 2. The van der Waals surface area contributed by atoms with Gasteiger partial charge in [-0.15, -0.1) is 0 Å². The van der Waals surface area contributed by atoms with Crippen LogP contribution in [-0.2, 0) is 11.3 Å². The zero-order valence-corrected chi connectivity index (χ0v) is 16.3. The molecule has 3 N–H and O–H groups in total. The molecule has 0 radical (unpaired) electrons. The van der Waals surface area contributed by atoms with Gasteiger partial charge in [-0.05, 0) is 43.4 Å². The van der Waals surface area contributed by atoms with E-state index in [0.29, 0.717) is 18.2 Å². The summed E-state index contributed by atoms with van der Waals surface area (Å²) in [5.41, 5.74) is 6.91. The summed E-state index contributed by atoms with van der Waals surface area (Å²) in [6.07, 6.45) is 1.98. The second kappa shape index (κ2) is 7.07. The zero-order valence-electron chi connectivity index (χ0n) is 15.5. The van der Waals surface area contributed by atoms with Crippen LogP contribution in [0.15, 0.2) is 29.3 Å². The van der Waals surface area contributed by atoms with Crippen LogP contribution >= 0.6 is 11.8 Å². The van der Waals surface area contributed by atoms with Crippen LogP contribution < -0.4 is 16.0 Å². The summed E-state index contributed by atoms with van der Waals surface area (Å²) in [6, 6.07) is 7.05. The average molecular weight is 388 g/mol. The molecular weight excluding hydrogens is 362 g/mol. The van der Waals surface area contributed by atoms with Gasteiger partial charge in [0.2, 0.25) is 0 Å². The van der Waals surface area contributed by atoms with Crippen molar-refractivity contribution in [1.82, 2.24) is 10.2 Å². The highest BCUT2D eigenvalue weighted by Gasteiger charge is 2.56. The maximum absolute atomic E-state index is 12.8. The summed E-state index contributed by atoms with van der Waals surface area (Å²) in [6.45, 7) is 4.18. The average Bonchev–Trinajstić information content (AvgIpc) is 3.50. The zero-order chi connectivity index (χ0) is 19.0. The van der Waals surface area contributed by atoms with Gasteiger partial charge < -0.3 is 16.0 Å². The maximum atomic E-state index is 12.8. The number of thioether (sulfide) groups is 1. The summed E-state index contributed by atoms with van der Waals surface area (Å²) in [5.74, 6) is 2.83. The number of benzene rings is 1. The minimum Gasteiger partial charge on any atom is -0.370 e. The Morgan fingerprint density at radius 1 is 1.26 bits per heavy atom. The first kappa shape index (κ1) is 18.2. The number of hydrogen-bond donors (Lipinski definition) is 2. The predicted octanol–water partition coefficient (Wildman–Crippen LogP) is 1.77. The molecule has 144 valence electrons. The number of carbonyl (C=O) groups is 2. The standard InChI is InChI=1S/C19H25N5O2S/c1-19(14-4-5-14)16(25)24(18(26)22-19)15-6-2-13(3-7-15)12-21-17(20)23-8-10-27-11-9-23/h2-3,6-7,14H,4-5,8-12H2,1H3,(H2,20,21)(H,22,26). The monoisotopic (exact) mass is 387 g/mol. The normalized spacial score (nSPS) is 26.5. The van der Waals surface area contributed by atoms with E-state index < -0.39 is 5.54 Å². The smallest absolute Gasteiger partial charge is 0.329 e. The number of nitrogens with one attached hydrogen (secondary N) is 1. The van der Waals surface area contributed by atoms with Crippen molar-refractivity contribution in [2.24, 2.45) is 16.6 Å². The largest absolute Gasteiger partial charge is 0.370 e. The van der Waals surface area contributed by atoms with Crippen molar-refractivity contribution in [1.29, 1.82) is 0 Å².